The van der Waals surface area contributed by atoms with Gasteiger partial charge >= 0.3 is 0 Å². The molecule has 2 rings (SSSR count). The van der Waals surface area contributed by atoms with Gasteiger partial charge in [-0.05, 0) is 18.8 Å². The van der Waals surface area contributed by atoms with Gasteiger partial charge < -0.3 is 15.8 Å². The van der Waals surface area contributed by atoms with E-state index in [1.165, 1.54) is 11.5 Å². The Balaban J connectivity index is 1.77. The van der Waals surface area contributed by atoms with Gasteiger partial charge in [0.05, 0.1) is 6.10 Å². The summed E-state index contributed by atoms with van der Waals surface area (Å²) in [6, 6.07) is 0. The number of rotatable bonds is 6. The van der Waals surface area contributed by atoms with Crippen LogP contribution in [0.1, 0.15) is 32.5 Å². The Labute approximate surface area is 116 Å². The Morgan fingerprint density at radius 2 is 2.37 bits per heavy atom. The molecule has 2 heterocycles. The summed E-state index contributed by atoms with van der Waals surface area (Å²) in [5.74, 6) is 1.06. The molecule has 0 saturated carbocycles. The smallest absolute Gasteiger partial charge is 0.246 e. The van der Waals surface area contributed by atoms with E-state index in [9.17, 15) is 4.79 Å². The standard InChI is InChI=1S/C12H20N4O2S/c1-7(2)5-10-15-12(19-16-10)14-6-8-3-4-9(18-8)11(13)17/h7-9H,3-6H2,1-2H3,(H2,13,17)(H,14,15,16). The molecule has 0 aliphatic carbocycles. The van der Waals surface area contributed by atoms with Gasteiger partial charge in [0, 0.05) is 24.5 Å². The van der Waals surface area contributed by atoms with E-state index in [-0.39, 0.29) is 12.0 Å². The third-order valence-electron chi connectivity index (χ3n) is 2.96. The molecule has 19 heavy (non-hydrogen) atoms. The van der Waals surface area contributed by atoms with Crippen molar-refractivity contribution in [3.8, 4) is 0 Å². The van der Waals surface area contributed by atoms with Crippen molar-refractivity contribution >= 4 is 22.6 Å². The predicted molar refractivity (Wildman–Crippen MR) is 74.0 cm³/mol. The zero-order valence-corrected chi connectivity index (χ0v) is 12.1. The Morgan fingerprint density at radius 1 is 1.58 bits per heavy atom. The van der Waals surface area contributed by atoms with Crippen LogP contribution in [-0.4, -0.2) is 34.0 Å². The zero-order chi connectivity index (χ0) is 13.8. The molecule has 2 atom stereocenters. The highest BCUT2D eigenvalue weighted by Crippen LogP contribution is 2.20. The summed E-state index contributed by atoms with van der Waals surface area (Å²) in [5.41, 5.74) is 5.21. The van der Waals surface area contributed by atoms with Gasteiger partial charge in [-0.1, -0.05) is 13.8 Å². The maximum Gasteiger partial charge on any atom is 0.246 e. The maximum atomic E-state index is 11.0. The third-order valence-corrected chi connectivity index (χ3v) is 3.68. The van der Waals surface area contributed by atoms with Crippen LogP contribution in [0.15, 0.2) is 0 Å². The summed E-state index contributed by atoms with van der Waals surface area (Å²) in [7, 11) is 0. The second-order valence-electron chi connectivity index (χ2n) is 5.22. The second-order valence-corrected chi connectivity index (χ2v) is 5.97. The van der Waals surface area contributed by atoms with E-state index in [0.717, 1.165) is 23.8 Å². The molecule has 1 aromatic heterocycles. The molecule has 0 bridgehead atoms. The third kappa shape index (κ3) is 4.14. The number of carbonyl (C=O) groups excluding carboxylic acids is 1. The van der Waals surface area contributed by atoms with Crippen LogP contribution >= 0.6 is 11.5 Å². The highest BCUT2D eigenvalue weighted by Gasteiger charge is 2.28. The van der Waals surface area contributed by atoms with Gasteiger partial charge in [0.25, 0.3) is 0 Å². The van der Waals surface area contributed by atoms with Gasteiger partial charge in [0.1, 0.15) is 11.9 Å². The molecule has 1 aliphatic rings. The molecule has 1 aromatic rings. The first kappa shape index (κ1) is 14.2. The molecule has 0 aromatic carbocycles. The summed E-state index contributed by atoms with van der Waals surface area (Å²) in [6.45, 7) is 4.93. The second kappa shape index (κ2) is 6.29. The fraction of sp³-hybridized carbons (Fsp3) is 0.750. The molecule has 1 saturated heterocycles. The molecule has 0 radical (unpaired) electrons. The lowest BCUT2D eigenvalue weighted by Gasteiger charge is -2.11. The van der Waals surface area contributed by atoms with Crippen molar-refractivity contribution in [1.29, 1.82) is 0 Å². The van der Waals surface area contributed by atoms with Gasteiger partial charge in [-0.15, -0.1) is 0 Å². The molecule has 106 valence electrons. The Morgan fingerprint density at radius 3 is 3.00 bits per heavy atom. The Bertz CT molecular complexity index is 435. The van der Waals surface area contributed by atoms with Crippen molar-refractivity contribution in [3.05, 3.63) is 5.82 Å². The summed E-state index contributed by atoms with van der Waals surface area (Å²) in [6.07, 6.45) is 2.03. The number of carbonyl (C=O) groups is 1. The monoisotopic (exact) mass is 284 g/mol. The quantitative estimate of drug-likeness (QED) is 0.818. The number of anilines is 1. The van der Waals surface area contributed by atoms with Crippen LogP contribution in [0.4, 0.5) is 5.13 Å². The lowest BCUT2D eigenvalue weighted by molar-refractivity contribution is -0.128. The summed E-state index contributed by atoms with van der Waals surface area (Å²) < 4.78 is 9.83. The summed E-state index contributed by atoms with van der Waals surface area (Å²) in [5, 5.41) is 4.01. The van der Waals surface area contributed by atoms with Crippen molar-refractivity contribution in [3.63, 3.8) is 0 Å². The SMILES string of the molecule is CC(C)Cc1nsc(NCC2CCC(C(N)=O)O2)n1. The van der Waals surface area contributed by atoms with Gasteiger partial charge in [-0.25, -0.2) is 4.98 Å². The predicted octanol–water partition coefficient (Wildman–Crippen LogP) is 1.18. The average Bonchev–Trinajstić information content (AvgIpc) is 2.94. The fourth-order valence-electron chi connectivity index (χ4n) is 2.04. The fourth-order valence-corrected chi connectivity index (χ4v) is 2.64. The molecular formula is C12H20N4O2S. The maximum absolute atomic E-state index is 11.0. The molecule has 1 fully saturated rings. The van der Waals surface area contributed by atoms with E-state index in [1.807, 2.05) is 0 Å². The molecule has 1 aliphatic heterocycles. The van der Waals surface area contributed by atoms with Crippen molar-refractivity contribution in [2.24, 2.45) is 11.7 Å². The lowest BCUT2D eigenvalue weighted by Crippen LogP contribution is -2.30. The molecule has 6 nitrogen and oxygen atoms in total. The van der Waals surface area contributed by atoms with E-state index in [4.69, 9.17) is 10.5 Å². The minimum Gasteiger partial charge on any atom is -0.367 e. The summed E-state index contributed by atoms with van der Waals surface area (Å²) in [4.78, 5) is 15.4. The summed E-state index contributed by atoms with van der Waals surface area (Å²) >= 11 is 1.36. The van der Waals surface area contributed by atoms with Crippen LogP contribution < -0.4 is 11.1 Å². The number of amides is 1. The van der Waals surface area contributed by atoms with Crippen molar-refractivity contribution in [2.45, 2.75) is 45.3 Å². The van der Waals surface area contributed by atoms with Crippen LogP contribution in [0, 0.1) is 5.92 Å². The van der Waals surface area contributed by atoms with Crippen molar-refractivity contribution < 1.29 is 9.53 Å². The minimum atomic E-state index is -0.433. The Kier molecular flexibility index (Phi) is 4.71. The van der Waals surface area contributed by atoms with E-state index in [2.05, 4.69) is 28.5 Å². The van der Waals surface area contributed by atoms with E-state index in [0.29, 0.717) is 18.9 Å². The van der Waals surface area contributed by atoms with Crippen molar-refractivity contribution in [1.82, 2.24) is 9.36 Å². The largest absolute Gasteiger partial charge is 0.367 e. The van der Waals surface area contributed by atoms with Crippen LogP contribution in [0.25, 0.3) is 0 Å². The topological polar surface area (TPSA) is 90.1 Å². The lowest BCUT2D eigenvalue weighted by atomic mass is 10.1. The number of primary amides is 1. The van der Waals surface area contributed by atoms with Gasteiger partial charge in [-0.2, -0.15) is 4.37 Å². The molecule has 1 amide bonds. The molecule has 2 unspecified atom stereocenters. The van der Waals surface area contributed by atoms with E-state index in [1.54, 1.807) is 0 Å². The number of ether oxygens (including phenoxy) is 1. The average molecular weight is 284 g/mol. The molecular weight excluding hydrogens is 264 g/mol. The number of aromatic nitrogens is 2. The first-order valence-corrected chi connectivity index (χ1v) is 7.33. The highest BCUT2D eigenvalue weighted by atomic mass is 32.1. The number of nitrogens with one attached hydrogen (secondary N) is 1. The van der Waals surface area contributed by atoms with E-state index < -0.39 is 6.10 Å². The number of hydrogen-bond acceptors (Lipinski definition) is 6. The van der Waals surface area contributed by atoms with Crippen LogP contribution in [-0.2, 0) is 16.0 Å². The molecule has 0 spiro atoms. The number of nitrogens with two attached hydrogens (primary N) is 1. The van der Waals surface area contributed by atoms with Crippen LogP contribution in [0.3, 0.4) is 0 Å². The first-order chi connectivity index (χ1) is 9.04. The van der Waals surface area contributed by atoms with Crippen molar-refractivity contribution in [2.75, 3.05) is 11.9 Å². The van der Waals surface area contributed by atoms with Gasteiger partial charge in [-0.3, -0.25) is 4.79 Å². The normalized spacial score (nSPS) is 22.9. The first-order valence-electron chi connectivity index (χ1n) is 6.56. The molecule has 7 heteroatoms. The van der Waals surface area contributed by atoms with Gasteiger partial charge in [0.2, 0.25) is 11.0 Å². The zero-order valence-electron chi connectivity index (χ0n) is 11.3. The van der Waals surface area contributed by atoms with Crippen LogP contribution in [0.5, 0.6) is 0 Å². The highest BCUT2D eigenvalue weighted by molar-refractivity contribution is 7.09. The minimum absolute atomic E-state index is 0.0231. The number of nitrogens with zero attached hydrogens (tertiary/aromatic N) is 2. The van der Waals surface area contributed by atoms with Crippen LogP contribution in [0.2, 0.25) is 0 Å². The van der Waals surface area contributed by atoms with E-state index >= 15 is 0 Å². The number of hydrogen-bond donors (Lipinski definition) is 2. The Hall–Kier alpha value is -1.21. The van der Waals surface area contributed by atoms with Gasteiger partial charge in [0.15, 0.2) is 0 Å². The molecule has 3 N–H and O–H groups in total.